The molecular weight excluding hydrogens is 110 g/mol. The van der Waals surface area contributed by atoms with Gasteiger partial charge in [-0.2, -0.15) is 0 Å². The number of hydrogen-bond acceptors (Lipinski definition) is 1. The predicted octanol–water partition coefficient (Wildman–Crippen LogP) is 1.70. The van der Waals surface area contributed by atoms with E-state index in [-0.39, 0.29) is 0 Å². The minimum absolute atomic E-state index is 0.725. The lowest BCUT2D eigenvalue weighted by atomic mass is 10.6. The minimum atomic E-state index is 0.725. The third-order valence-corrected chi connectivity index (χ3v) is 0.951. The summed E-state index contributed by atoms with van der Waals surface area (Å²) in [6.45, 7) is 4.79. The average molecular weight is 120 g/mol. The van der Waals surface area contributed by atoms with Gasteiger partial charge in [-0.05, 0) is 13.8 Å². The molecule has 0 saturated carbocycles. The summed E-state index contributed by atoms with van der Waals surface area (Å²) in [4.78, 5) is 0. The van der Waals surface area contributed by atoms with Crippen molar-refractivity contribution in [2.45, 2.75) is 13.8 Å². The summed E-state index contributed by atoms with van der Waals surface area (Å²) < 4.78 is 0. The zero-order valence-corrected chi connectivity index (χ0v) is 5.42. The lowest BCUT2D eigenvalue weighted by Crippen LogP contribution is -2.06. The van der Waals surface area contributed by atoms with Crippen molar-refractivity contribution >= 4 is 11.6 Å². The van der Waals surface area contributed by atoms with E-state index in [1.54, 1.807) is 0 Å². The topological polar surface area (TPSA) is 12.0 Å². The molecule has 0 fully saturated rings. The van der Waals surface area contributed by atoms with E-state index in [1.165, 1.54) is 0 Å². The van der Waals surface area contributed by atoms with Crippen molar-refractivity contribution in [3.8, 4) is 0 Å². The Kier molecular flexibility index (Phi) is 3.90. The molecule has 0 aromatic carbocycles. The molecule has 7 heavy (non-hydrogen) atoms. The highest BCUT2D eigenvalue weighted by atomic mass is 35.5. The molecule has 0 rings (SSSR count). The van der Waals surface area contributed by atoms with Crippen LogP contribution >= 0.6 is 11.6 Å². The number of hydrogen-bond donors (Lipinski definition) is 1. The van der Waals surface area contributed by atoms with Crippen molar-refractivity contribution in [3.05, 3.63) is 11.2 Å². The Morgan fingerprint density at radius 2 is 2.43 bits per heavy atom. The van der Waals surface area contributed by atoms with E-state index in [0.717, 1.165) is 11.7 Å². The van der Waals surface area contributed by atoms with Crippen molar-refractivity contribution < 1.29 is 0 Å². The summed E-state index contributed by atoms with van der Waals surface area (Å²) in [6.07, 6.45) is 1.82. The van der Waals surface area contributed by atoms with Gasteiger partial charge < -0.3 is 5.32 Å². The summed E-state index contributed by atoms with van der Waals surface area (Å²) in [6, 6.07) is 0. The van der Waals surface area contributed by atoms with Gasteiger partial charge in [-0.25, -0.2) is 0 Å². The van der Waals surface area contributed by atoms with Crippen molar-refractivity contribution in [1.29, 1.82) is 0 Å². The second kappa shape index (κ2) is 4.00. The predicted molar refractivity (Wildman–Crippen MR) is 33.3 cm³/mol. The first-order valence-corrected chi connectivity index (χ1v) is 2.74. The Bertz CT molecular complexity index is 68.5. The van der Waals surface area contributed by atoms with Gasteiger partial charge >= 0.3 is 0 Å². The fourth-order valence-corrected chi connectivity index (χ4v) is 0.405. The Morgan fingerprint density at radius 1 is 1.86 bits per heavy atom. The second-order valence-corrected chi connectivity index (χ2v) is 1.57. The maximum Gasteiger partial charge on any atom is 0.0974 e. The molecule has 0 amide bonds. The van der Waals surface area contributed by atoms with Gasteiger partial charge in [-0.1, -0.05) is 17.7 Å². The molecule has 0 saturated heterocycles. The van der Waals surface area contributed by atoms with Crippen LogP contribution in [0.4, 0.5) is 0 Å². The molecule has 0 unspecified atom stereocenters. The highest BCUT2D eigenvalue weighted by Crippen LogP contribution is 1.91. The van der Waals surface area contributed by atoms with Crippen LogP contribution in [0.15, 0.2) is 11.2 Å². The molecular formula is C5H10ClN. The quantitative estimate of drug-likeness (QED) is 0.546. The first kappa shape index (κ1) is 6.83. The van der Waals surface area contributed by atoms with Crippen molar-refractivity contribution in [2.75, 3.05) is 6.54 Å². The van der Waals surface area contributed by atoms with E-state index < -0.39 is 0 Å². The summed E-state index contributed by atoms with van der Waals surface area (Å²) in [7, 11) is 0. The van der Waals surface area contributed by atoms with Gasteiger partial charge in [-0.3, -0.25) is 0 Å². The summed E-state index contributed by atoms with van der Waals surface area (Å²) in [5, 5.41) is 3.65. The van der Waals surface area contributed by atoms with Crippen LogP contribution in [0.1, 0.15) is 13.8 Å². The average Bonchev–Trinajstić information content (AvgIpc) is 1.68. The van der Waals surface area contributed by atoms with Crippen molar-refractivity contribution in [2.24, 2.45) is 0 Å². The van der Waals surface area contributed by atoms with Gasteiger partial charge in [0, 0.05) is 6.54 Å². The van der Waals surface area contributed by atoms with Gasteiger partial charge in [-0.15, -0.1) is 0 Å². The van der Waals surface area contributed by atoms with E-state index in [2.05, 4.69) is 5.32 Å². The molecule has 1 N–H and O–H groups in total. The maximum absolute atomic E-state index is 5.52. The molecule has 0 spiro atoms. The van der Waals surface area contributed by atoms with Crippen molar-refractivity contribution in [1.82, 2.24) is 5.32 Å². The van der Waals surface area contributed by atoms with Crippen LogP contribution in [0.3, 0.4) is 0 Å². The smallest absolute Gasteiger partial charge is 0.0974 e. The minimum Gasteiger partial charge on any atom is -0.376 e. The molecule has 0 aliphatic heterocycles. The normalized spacial score (nSPS) is 11.6. The van der Waals surface area contributed by atoms with Crippen LogP contribution in [0.25, 0.3) is 0 Å². The number of rotatable bonds is 2. The molecule has 0 heterocycles. The molecule has 42 valence electrons. The lowest BCUT2D eigenvalue weighted by Gasteiger charge is -1.95. The largest absolute Gasteiger partial charge is 0.376 e. The Morgan fingerprint density at radius 3 is 2.57 bits per heavy atom. The maximum atomic E-state index is 5.52. The van der Waals surface area contributed by atoms with Crippen molar-refractivity contribution in [3.63, 3.8) is 0 Å². The molecule has 0 aromatic rings. The third kappa shape index (κ3) is 3.67. The van der Waals surface area contributed by atoms with Crippen LogP contribution in [0.5, 0.6) is 0 Å². The molecule has 0 aliphatic rings. The third-order valence-electron chi connectivity index (χ3n) is 0.599. The number of nitrogens with one attached hydrogen (secondary N) is 1. The molecule has 0 bridgehead atoms. The monoisotopic (exact) mass is 119 g/mol. The number of allylic oxidation sites excluding steroid dienone is 1. The van der Waals surface area contributed by atoms with Gasteiger partial charge in [0.2, 0.25) is 0 Å². The van der Waals surface area contributed by atoms with E-state index >= 15 is 0 Å². The first-order valence-electron chi connectivity index (χ1n) is 2.37. The van der Waals surface area contributed by atoms with Gasteiger partial charge in [0.25, 0.3) is 0 Å². The Labute approximate surface area is 49.4 Å². The summed E-state index contributed by atoms with van der Waals surface area (Å²) in [5.74, 6) is 0. The SMILES string of the molecule is C/C=C(/Cl)NCC. The molecule has 0 atom stereocenters. The van der Waals surface area contributed by atoms with Gasteiger partial charge in [0.15, 0.2) is 0 Å². The molecule has 0 aromatic heterocycles. The van der Waals surface area contributed by atoms with E-state index in [1.807, 2.05) is 19.9 Å². The second-order valence-electron chi connectivity index (χ2n) is 1.17. The van der Waals surface area contributed by atoms with E-state index in [4.69, 9.17) is 11.6 Å². The van der Waals surface area contributed by atoms with Crippen LogP contribution < -0.4 is 5.32 Å². The highest BCUT2D eigenvalue weighted by Gasteiger charge is 1.78. The fourth-order valence-electron chi connectivity index (χ4n) is 0.271. The van der Waals surface area contributed by atoms with Gasteiger partial charge in [0.05, 0.1) is 5.16 Å². The first-order chi connectivity index (χ1) is 3.31. The van der Waals surface area contributed by atoms with Crippen LogP contribution in [-0.2, 0) is 0 Å². The zero-order chi connectivity index (χ0) is 5.70. The fraction of sp³-hybridized carbons (Fsp3) is 0.600. The van der Waals surface area contributed by atoms with Crippen LogP contribution in [0, 0.1) is 0 Å². The summed E-state index contributed by atoms with van der Waals surface area (Å²) >= 11 is 5.52. The Balaban J connectivity index is 3.17. The lowest BCUT2D eigenvalue weighted by molar-refractivity contribution is 0.899. The molecule has 0 radical (unpaired) electrons. The van der Waals surface area contributed by atoms with E-state index in [9.17, 15) is 0 Å². The van der Waals surface area contributed by atoms with Crippen LogP contribution in [-0.4, -0.2) is 6.54 Å². The van der Waals surface area contributed by atoms with E-state index in [0.29, 0.717) is 0 Å². The zero-order valence-electron chi connectivity index (χ0n) is 4.66. The summed E-state index contributed by atoms with van der Waals surface area (Å²) in [5.41, 5.74) is 0. The van der Waals surface area contributed by atoms with Crippen LogP contribution in [0.2, 0.25) is 0 Å². The van der Waals surface area contributed by atoms with Gasteiger partial charge in [0.1, 0.15) is 0 Å². The highest BCUT2D eigenvalue weighted by molar-refractivity contribution is 6.29. The standard InChI is InChI=1S/C5H10ClN/c1-3-5(6)7-4-2/h3,7H,4H2,1-2H3/b5-3-. The Hall–Kier alpha value is -0.170. The molecule has 2 heteroatoms. The molecule has 1 nitrogen and oxygen atoms in total. The molecule has 0 aliphatic carbocycles. The number of halogens is 1.